The SMILES string of the molecule is Cc1cc(C#N)ccc1S(=O)(=O)N(C)CC1CCCCC1O. The second-order valence-corrected chi connectivity index (χ2v) is 8.00. The van der Waals surface area contributed by atoms with Gasteiger partial charge in [-0.2, -0.15) is 5.26 Å². The van der Waals surface area contributed by atoms with E-state index in [1.165, 1.54) is 16.4 Å². The highest BCUT2D eigenvalue weighted by molar-refractivity contribution is 7.89. The van der Waals surface area contributed by atoms with Gasteiger partial charge < -0.3 is 5.11 Å². The number of sulfonamides is 1. The van der Waals surface area contributed by atoms with Crippen LogP contribution in [-0.2, 0) is 10.0 Å². The number of hydrogen-bond acceptors (Lipinski definition) is 4. The fraction of sp³-hybridized carbons (Fsp3) is 0.562. The molecule has 0 amide bonds. The van der Waals surface area contributed by atoms with Gasteiger partial charge in [-0.1, -0.05) is 12.8 Å². The van der Waals surface area contributed by atoms with Gasteiger partial charge in [-0.25, -0.2) is 12.7 Å². The van der Waals surface area contributed by atoms with Gasteiger partial charge in [0.2, 0.25) is 10.0 Å². The number of aliphatic hydroxyl groups is 1. The highest BCUT2D eigenvalue weighted by Crippen LogP contribution is 2.27. The maximum Gasteiger partial charge on any atom is 0.243 e. The van der Waals surface area contributed by atoms with Crippen molar-refractivity contribution in [1.29, 1.82) is 5.26 Å². The molecule has 1 saturated carbocycles. The lowest BCUT2D eigenvalue weighted by Crippen LogP contribution is -2.38. The molecule has 5 nitrogen and oxygen atoms in total. The molecule has 0 radical (unpaired) electrons. The lowest BCUT2D eigenvalue weighted by Gasteiger charge is -2.31. The zero-order chi connectivity index (χ0) is 16.3. The lowest BCUT2D eigenvalue weighted by atomic mass is 9.86. The summed E-state index contributed by atoms with van der Waals surface area (Å²) >= 11 is 0. The zero-order valence-electron chi connectivity index (χ0n) is 13.0. The van der Waals surface area contributed by atoms with Gasteiger partial charge in [0.1, 0.15) is 0 Å². The van der Waals surface area contributed by atoms with E-state index >= 15 is 0 Å². The molecular formula is C16H22N2O3S. The van der Waals surface area contributed by atoms with Crippen LogP contribution in [0.2, 0.25) is 0 Å². The van der Waals surface area contributed by atoms with E-state index in [-0.39, 0.29) is 10.8 Å². The quantitative estimate of drug-likeness (QED) is 0.919. The predicted molar refractivity (Wildman–Crippen MR) is 83.7 cm³/mol. The van der Waals surface area contributed by atoms with Crippen molar-refractivity contribution in [3.8, 4) is 6.07 Å². The molecule has 1 aliphatic rings. The van der Waals surface area contributed by atoms with E-state index in [9.17, 15) is 13.5 Å². The summed E-state index contributed by atoms with van der Waals surface area (Å²) in [6.45, 7) is 2.01. The van der Waals surface area contributed by atoms with Crippen LogP contribution in [0.1, 0.15) is 36.8 Å². The first-order valence-corrected chi connectivity index (χ1v) is 8.95. The second kappa shape index (κ2) is 6.78. The monoisotopic (exact) mass is 322 g/mol. The fourth-order valence-corrected chi connectivity index (χ4v) is 4.44. The first kappa shape index (κ1) is 16.9. The van der Waals surface area contributed by atoms with Crippen molar-refractivity contribution in [3.63, 3.8) is 0 Å². The minimum absolute atomic E-state index is 0.00721. The Morgan fingerprint density at radius 2 is 2.05 bits per heavy atom. The molecule has 2 rings (SSSR count). The highest BCUT2D eigenvalue weighted by atomic mass is 32.2. The van der Waals surface area contributed by atoms with E-state index in [4.69, 9.17) is 5.26 Å². The lowest BCUT2D eigenvalue weighted by molar-refractivity contribution is 0.0620. The molecule has 22 heavy (non-hydrogen) atoms. The Kier molecular flexibility index (Phi) is 5.22. The summed E-state index contributed by atoms with van der Waals surface area (Å²) < 4.78 is 26.7. The van der Waals surface area contributed by atoms with Crippen LogP contribution in [-0.4, -0.2) is 37.5 Å². The summed E-state index contributed by atoms with van der Waals surface area (Å²) in [5, 5.41) is 18.9. The number of nitriles is 1. The van der Waals surface area contributed by atoms with Gasteiger partial charge in [0, 0.05) is 13.6 Å². The van der Waals surface area contributed by atoms with Crippen LogP contribution in [0, 0.1) is 24.2 Å². The van der Waals surface area contributed by atoms with Crippen molar-refractivity contribution < 1.29 is 13.5 Å². The van der Waals surface area contributed by atoms with Crippen LogP contribution in [0.15, 0.2) is 23.1 Å². The maximum absolute atomic E-state index is 12.7. The summed E-state index contributed by atoms with van der Waals surface area (Å²) in [6, 6.07) is 6.59. The molecule has 1 aliphatic carbocycles. The van der Waals surface area contributed by atoms with Gasteiger partial charge in [-0.05, 0) is 49.4 Å². The van der Waals surface area contributed by atoms with E-state index in [2.05, 4.69) is 0 Å². The third-order valence-corrected chi connectivity index (χ3v) is 6.34. The average molecular weight is 322 g/mol. The van der Waals surface area contributed by atoms with Gasteiger partial charge in [0.25, 0.3) is 0 Å². The molecule has 0 aliphatic heterocycles. The van der Waals surface area contributed by atoms with E-state index in [1.54, 1.807) is 20.0 Å². The van der Waals surface area contributed by atoms with Crippen LogP contribution in [0.5, 0.6) is 0 Å². The van der Waals surface area contributed by atoms with Crippen molar-refractivity contribution in [2.45, 2.75) is 43.6 Å². The standard InChI is InChI=1S/C16H22N2O3S/c1-12-9-13(10-17)7-8-16(12)22(20,21)18(2)11-14-5-3-4-6-15(14)19/h7-9,14-15,19H,3-6,11H2,1-2H3. The van der Waals surface area contributed by atoms with E-state index in [0.717, 1.165) is 25.7 Å². The molecule has 0 aromatic heterocycles. The number of benzene rings is 1. The summed E-state index contributed by atoms with van der Waals surface area (Å²) in [7, 11) is -2.05. The first-order chi connectivity index (χ1) is 10.4. The summed E-state index contributed by atoms with van der Waals surface area (Å²) in [5.41, 5.74) is 1.01. The minimum Gasteiger partial charge on any atom is -0.393 e. The summed E-state index contributed by atoms with van der Waals surface area (Å²) in [6.07, 6.45) is 3.21. The minimum atomic E-state index is -3.60. The fourth-order valence-electron chi connectivity index (χ4n) is 3.01. The third-order valence-electron chi connectivity index (χ3n) is 4.35. The third kappa shape index (κ3) is 3.49. The number of aryl methyl sites for hydroxylation is 1. The van der Waals surface area contributed by atoms with Gasteiger partial charge in [0.05, 0.1) is 22.6 Å². The van der Waals surface area contributed by atoms with Crippen LogP contribution in [0.4, 0.5) is 0 Å². The van der Waals surface area contributed by atoms with Crippen molar-refractivity contribution in [1.82, 2.24) is 4.31 Å². The highest BCUT2D eigenvalue weighted by Gasteiger charge is 2.29. The number of hydrogen-bond donors (Lipinski definition) is 1. The first-order valence-electron chi connectivity index (χ1n) is 7.51. The molecule has 1 N–H and O–H groups in total. The molecule has 120 valence electrons. The Bertz CT molecular complexity index is 679. The van der Waals surface area contributed by atoms with Gasteiger partial charge in [0.15, 0.2) is 0 Å². The Balaban J connectivity index is 2.20. The van der Waals surface area contributed by atoms with Crippen molar-refractivity contribution in [2.75, 3.05) is 13.6 Å². The van der Waals surface area contributed by atoms with Crippen molar-refractivity contribution in [2.24, 2.45) is 5.92 Å². The smallest absolute Gasteiger partial charge is 0.243 e. The largest absolute Gasteiger partial charge is 0.393 e. The molecule has 1 fully saturated rings. The molecule has 0 heterocycles. The molecular weight excluding hydrogens is 300 g/mol. The topological polar surface area (TPSA) is 81.4 Å². The maximum atomic E-state index is 12.7. The normalized spacial score (nSPS) is 22.5. The van der Waals surface area contributed by atoms with Crippen LogP contribution in [0.3, 0.4) is 0 Å². The Morgan fingerprint density at radius 1 is 1.36 bits per heavy atom. The Morgan fingerprint density at radius 3 is 2.64 bits per heavy atom. The molecule has 1 aromatic rings. The van der Waals surface area contributed by atoms with Crippen LogP contribution >= 0.6 is 0 Å². The number of nitrogens with zero attached hydrogens (tertiary/aromatic N) is 2. The van der Waals surface area contributed by atoms with E-state index in [1.807, 2.05) is 6.07 Å². The summed E-state index contributed by atoms with van der Waals surface area (Å²) in [5.74, 6) is -0.00721. The number of rotatable bonds is 4. The molecule has 0 spiro atoms. The zero-order valence-corrected chi connectivity index (χ0v) is 13.8. The van der Waals surface area contributed by atoms with E-state index in [0.29, 0.717) is 17.7 Å². The molecule has 1 aromatic carbocycles. The van der Waals surface area contributed by atoms with Crippen LogP contribution in [0.25, 0.3) is 0 Å². The Hall–Kier alpha value is -1.42. The summed E-state index contributed by atoms with van der Waals surface area (Å²) in [4.78, 5) is 0.222. The molecule has 0 bridgehead atoms. The van der Waals surface area contributed by atoms with Crippen molar-refractivity contribution in [3.05, 3.63) is 29.3 Å². The molecule has 0 saturated heterocycles. The van der Waals surface area contributed by atoms with Crippen molar-refractivity contribution >= 4 is 10.0 Å². The molecule has 6 heteroatoms. The predicted octanol–water partition coefficient (Wildman–Crippen LogP) is 2.04. The van der Waals surface area contributed by atoms with Gasteiger partial charge in [-0.15, -0.1) is 0 Å². The van der Waals surface area contributed by atoms with Crippen LogP contribution < -0.4 is 0 Å². The average Bonchev–Trinajstić information content (AvgIpc) is 2.49. The van der Waals surface area contributed by atoms with Gasteiger partial charge in [-0.3, -0.25) is 0 Å². The number of aliphatic hydroxyl groups excluding tert-OH is 1. The van der Waals surface area contributed by atoms with Gasteiger partial charge >= 0.3 is 0 Å². The molecule has 2 atom stereocenters. The molecule has 2 unspecified atom stereocenters. The van der Waals surface area contributed by atoms with E-state index < -0.39 is 16.1 Å². The Labute approximate surface area is 132 Å². The second-order valence-electron chi connectivity index (χ2n) is 5.99.